The van der Waals surface area contributed by atoms with E-state index in [0.717, 1.165) is 16.9 Å². The molecule has 2 heterocycles. The second kappa shape index (κ2) is 7.53. The highest BCUT2D eigenvalue weighted by molar-refractivity contribution is 7.14. The Balaban J connectivity index is 1.68. The molecular weight excluding hydrogens is 350 g/mol. The molecule has 0 aliphatic heterocycles. The van der Waals surface area contributed by atoms with Crippen molar-refractivity contribution < 1.29 is 14.0 Å². The number of aromatic nitrogens is 1. The molecule has 26 heavy (non-hydrogen) atoms. The van der Waals surface area contributed by atoms with Gasteiger partial charge in [-0.25, -0.2) is 4.98 Å². The molecule has 0 atom stereocenters. The smallest absolute Gasteiger partial charge is 0.260 e. The summed E-state index contributed by atoms with van der Waals surface area (Å²) in [6.07, 6.45) is 1.48. The second-order valence-corrected chi connectivity index (χ2v) is 6.96. The van der Waals surface area contributed by atoms with Crippen molar-refractivity contribution >= 4 is 34.0 Å². The largest absolute Gasteiger partial charge is 0.469 e. The number of benzene rings is 1. The van der Waals surface area contributed by atoms with E-state index in [4.69, 9.17) is 4.42 Å². The molecule has 1 aromatic carbocycles. The lowest BCUT2D eigenvalue weighted by Gasteiger charge is -2.07. The van der Waals surface area contributed by atoms with Gasteiger partial charge in [-0.15, -0.1) is 11.3 Å². The number of thiazole rings is 1. The van der Waals surface area contributed by atoms with Gasteiger partial charge in [-0.05, 0) is 25.1 Å². The van der Waals surface area contributed by atoms with Crippen LogP contribution in [0, 0.1) is 12.8 Å². The summed E-state index contributed by atoms with van der Waals surface area (Å²) >= 11 is 1.35. The van der Waals surface area contributed by atoms with E-state index in [2.05, 4.69) is 15.6 Å². The molecule has 0 spiro atoms. The molecule has 0 aliphatic carbocycles. The normalized spacial score (nSPS) is 10.8. The molecule has 3 aromatic rings. The Hall–Kier alpha value is -2.93. The molecule has 134 valence electrons. The molecule has 2 aromatic heterocycles. The van der Waals surface area contributed by atoms with Crippen LogP contribution in [0.25, 0.3) is 11.3 Å². The van der Waals surface area contributed by atoms with Crippen molar-refractivity contribution in [3.05, 3.63) is 53.3 Å². The topological polar surface area (TPSA) is 84.2 Å². The van der Waals surface area contributed by atoms with Crippen molar-refractivity contribution in [3.8, 4) is 11.3 Å². The van der Waals surface area contributed by atoms with Gasteiger partial charge in [-0.3, -0.25) is 14.9 Å². The van der Waals surface area contributed by atoms with Crippen LogP contribution in [0.15, 0.2) is 46.4 Å². The van der Waals surface area contributed by atoms with Gasteiger partial charge in [0.1, 0.15) is 5.76 Å². The van der Waals surface area contributed by atoms with Gasteiger partial charge in [-0.1, -0.05) is 26.0 Å². The molecule has 0 radical (unpaired) electrons. The fourth-order valence-corrected chi connectivity index (χ4v) is 2.97. The number of nitrogens with one attached hydrogen (secondary N) is 2. The van der Waals surface area contributed by atoms with Gasteiger partial charge in [0, 0.05) is 22.5 Å². The van der Waals surface area contributed by atoms with E-state index < -0.39 is 0 Å². The zero-order valence-electron chi connectivity index (χ0n) is 14.7. The lowest BCUT2D eigenvalue weighted by molar-refractivity contribution is -0.118. The third-order valence-corrected chi connectivity index (χ3v) is 4.56. The van der Waals surface area contributed by atoms with Gasteiger partial charge < -0.3 is 9.73 Å². The van der Waals surface area contributed by atoms with Gasteiger partial charge in [0.05, 0.1) is 17.5 Å². The molecule has 0 saturated heterocycles. The van der Waals surface area contributed by atoms with E-state index in [-0.39, 0.29) is 17.7 Å². The Morgan fingerprint density at radius 3 is 2.46 bits per heavy atom. The Kier molecular flexibility index (Phi) is 5.18. The summed E-state index contributed by atoms with van der Waals surface area (Å²) in [4.78, 5) is 28.4. The summed E-state index contributed by atoms with van der Waals surface area (Å²) < 4.78 is 5.14. The number of carbonyl (C=O) groups is 2. The summed E-state index contributed by atoms with van der Waals surface area (Å²) in [7, 11) is 0. The minimum absolute atomic E-state index is 0.0223. The number of furan rings is 1. The number of hydrogen-bond donors (Lipinski definition) is 2. The van der Waals surface area contributed by atoms with E-state index >= 15 is 0 Å². The molecular formula is C19H19N3O3S. The average Bonchev–Trinajstić information content (AvgIpc) is 3.24. The summed E-state index contributed by atoms with van der Waals surface area (Å²) in [5.41, 5.74) is 2.90. The maximum atomic E-state index is 12.2. The van der Waals surface area contributed by atoms with Crippen molar-refractivity contribution in [1.29, 1.82) is 0 Å². The molecule has 0 aliphatic rings. The van der Waals surface area contributed by atoms with Crippen LogP contribution in [0.4, 0.5) is 10.8 Å². The first-order valence-electron chi connectivity index (χ1n) is 8.16. The van der Waals surface area contributed by atoms with Gasteiger partial charge in [-0.2, -0.15) is 0 Å². The molecule has 0 unspecified atom stereocenters. The molecule has 3 rings (SSSR count). The highest BCUT2D eigenvalue weighted by Gasteiger charge is 2.14. The highest BCUT2D eigenvalue weighted by Crippen LogP contribution is 2.26. The van der Waals surface area contributed by atoms with E-state index in [0.29, 0.717) is 16.5 Å². The zero-order chi connectivity index (χ0) is 18.7. The van der Waals surface area contributed by atoms with Crippen LogP contribution < -0.4 is 10.6 Å². The van der Waals surface area contributed by atoms with Gasteiger partial charge in [0.25, 0.3) is 5.91 Å². The number of amides is 2. The Morgan fingerprint density at radius 1 is 1.12 bits per heavy atom. The SMILES string of the molecule is Cc1occc1C(=O)Nc1nc(-c2ccc(NC(=O)C(C)C)cc2)cs1. The Labute approximate surface area is 155 Å². The number of hydrogen-bond acceptors (Lipinski definition) is 5. The lowest BCUT2D eigenvalue weighted by atomic mass is 10.1. The summed E-state index contributed by atoms with van der Waals surface area (Å²) in [6.45, 7) is 5.43. The van der Waals surface area contributed by atoms with E-state index in [1.165, 1.54) is 17.6 Å². The Morgan fingerprint density at radius 2 is 1.85 bits per heavy atom. The summed E-state index contributed by atoms with van der Waals surface area (Å²) in [6, 6.07) is 9.07. The molecule has 2 amide bonds. The fourth-order valence-electron chi connectivity index (χ4n) is 2.26. The summed E-state index contributed by atoms with van der Waals surface area (Å²) in [5.74, 6) is 0.228. The fraction of sp³-hybridized carbons (Fsp3) is 0.211. The van der Waals surface area contributed by atoms with Crippen LogP contribution in [0.3, 0.4) is 0 Å². The summed E-state index contributed by atoms with van der Waals surface area (Å²) in [5, 5.41) is 8.02. The molecule has 2 N–H and O–H groups in total. The highest BCUT2D eigenvalue weighted by atomic mass is 32.1. The Bertz CT molecular complexity index is 926. The number of nitrogens with zero attached hydrogens (tertiary/aromatic N) is 1. The average molecular weight is 369 g/mol. The minimum Gasteiger partial charge on any atom is -0.469 e. The maximum absolute atomic E-state index is 12.2. The number of carbonyl (C=O) groups excluding carboxylic acids is 2. The number of rotatable bonds is 5. The van der Waals surface area contributed by atoms with Crippen molar-refractivity contribution in [1.82, 2.24) is 4.98 Å². The van der Waals surface area contributed by atoms with Gasteiger partial charge in [0.15, 0.2) is 5.13 Å². The molecule has 0 bridgehead atoms. The molecule has 0 fully saturated rings. The quantitative estimate of drug-likeness (QED) is 0.690. The van der Waals surface area contributed by atoms with Crippen LogP contribution in [-0.4, -0.2) is 16.8 Å². The van der Waals surface area contributed by atoms with Crippen molar-refractivity contribution in [3.63, 3.8) is 0 Å². The van der Waals surface area contributed by atoms with Crippen LogP contribution >= 0.6 is 11.3 Å². The van der Waals surface area contributed by atoms with Crippen LogP contribution in [-0.2, 0) is 4.79 Å². The first-order chi connectivity index (χ1) is 12.4. The van der Waals surface area contributed by atoms with E-state index in [9.17, 15) is 9.59 Å². The lowest BCUT2D eigenvalue weighted by Crippen LogP contribution is -2.17. The third kappa shape index (κ3) is 4.00. The second-order valence-electron chi connectivity index (χ2n) is 6.10. The standard InChI is InChI=1S/C19H19N3O3S/c1-11(2)17(23)20-14-6-4-13(5-7-14)16-10-26-19(21-16)22-18(24)15-8-9-25-12(15)3/h4-11H,1-3H3,(H,20,23)(H,21,22,24). The molecule has 7 heteroatoms. The predicted octanol–water partition coefficient (Wildman–Crippen LogP) is 4.56. The number of anilines is 2. The van der Waals surface area contributed by atoms with Crippen LogP contribution in [0.5, 0.6) is 0 Å². The monoisotopic (exact) mass is 369 g/mol. The minimum atomic E-state index is -0.246. The van der Waals surface area contributed by atoms with E-state index in [1.807, 2.05) is 43.5 Å². The molecule has 6 nitrogen and oxygen atoms in total. The molecule has 0 saturated carbocycles. The first kappa shape index (κ1) is 17.9. The van der Waals surface area contributed by atoms with Crippen LogP contribution in [0.1, 0.15) is 30.0 Å². The number of aryl methyl sites for hydroxylation is 1. The van der Waals surface area contributed by atoms with Gasteiger partial charge in [0.2, 0.25) is 5.91 Å². The zero-order valence-corrected chi connectivity index (χ0v) is 15.5. The van der Waals surface area contributed by atoms with Gasteiger partial charge >= 0.3 is 0 Å². The van der Waals surface area contributed by atoms with E-state index in [1.54, 1.807) is 13.0 Å². The van der Waals surface area contributed by atoms with Crippen molar-refractivity contribution in [2.24, 2.45) is 5.92 Å². The van der Waals surface area contributed by atoms with Crippen molar-refractivity contribution in [2.75, 3.05) is 10.6 Å². The third-order valence-electron chi connectivity index (χ3n) is 3.80. The van der Waals surface area contributed by atoms with Crippen LogP contribution in [0.2, 0.25) is 0 Å². The first-order valence-corrected chi connectivity index (χ1v) is 9.04. The van der Waals surface area contributed by atoms with Crippen molar-refractivity contribution in [2.45, 2.75) is 20.8 Å². The maximum Gasteiger partial charge on any atom is 0.260 e. The predicted molar refractivity (Wildman–Crippen MR) is 102 cm³/mol.